The lowest BCUT2D eigenvalue weighted by molar-refractivity contribution is 0.0620. The van der Waals surface area contributed by atoms with Crippen LogP contribution in [0.4, 0.5) is 5.69 Å². The van der Waals surface area contributed by atoms with E-state index in [-0.39, 0.29) is 18.1 Å². The average Bonchev–Trinajstić information content (AvgIpc) is 2.55. The number of nitrogens with one attached hydrogen (secondary N) is 1. The maximum atomic E-state index is 12.4. The van der Waals surface area contributed by atoms with Crippen LogP contribution >= 0.6 is 11.8 Å². The van der Waals surface area contributed by atoms with Gasteiger partial charge in [0.2, 0.25) is 0 Å². The second-order valence-electron chi connectivity index (χ2n) is 6.34. The highest BCUT2D eigenvalue weighted by Gasteiger charge is 2.32. The van der Waals surface area contributed by atoms with Gasteiger partial charge in [-0.3, -0.25) is 9.59 Å². The Hall–Kier alpha value is -2.78. The summed E-state index contributed by atoms with van der Waals surface area (Å²) in [6.07, 6.45) is 0.281. The third-order valence-electron chi connectivity index (χ3n) is 3.79. The number of fused-ring (bicyclic) bond motifs is 1. The number of ketones is 1. The number of thiocyanates is 1. The number of benzene rings is 2. The Kier molecular flexibility index (Phi) is 4.51. The lowest BCUT2D eigenvalue weighted by Crippen LogP contribution is -2.36. The largest absolute Gasteiger partial charge is 0.487 e. The van der Waals surface area contributed by atoms with Crippen molar-refractivity contribution in [3.8, 4) is 11.2 Å². The first kappa shape index (κ1) is 17.1. The smallest absolute Gasteiger partial charge is 0.255 e. The fraction of sp³-hybridized carbons (Fsp3) is 0.211. The number of Topliss-reactive ketones (excluding diaryl/α,β-unsaturated/α-hetero) is 1. The van der Waals surface area contributed by atoms with Crippen LogP contribution in [0, 0.1) is 10.7 Å². The van der Waals surface area contributed by atoms with Gasteiger partial charge in [0.15, 0.2) is 5.78 Å². The third kappa shape index (κ3) is 3.83. The summed E-state index contributed by atoms with van der Waals surface area (Å²) in [5, 5.41) is 13.4. The van der Waals surface area contributed by atoms with Gasteiger partial charge in [0, 0.05) is 16.1 Å². The van der Waals surface area contributed by atoms with Crippen LogP contribution in [0.25, 0.3) is 0 Å². The summed E-state index contributed by atoms with van der Waals surface area (Å²) >= 11 is 1.06. The molecule has 5 nitrogen and oxygen atoms in total. The van der Waals surface area contributed by atoms with Crippen LogP contribution in [0.1, 0.15) is 41.0 Å². The minimum absolute atomic E-state index is 0.0289. The minimum atomic E-state index is -0.531. The normalized spacial score (nSPS) is 14.8. The fourth-order valence-electron chi connectivity index (χ4n) is 2.66. The van der Waals surface area contributed by atoms with E-state index < -0.39 is 5.60 Å². The molecule has 0 fully saturated rings. The molecule has 0 radical (unpaired) electrons. The van der Waals surface area contributed by atoms with Crippen molar-refractivity contribution in [3.05, 3.63) is 53.6 Å². The number of hydrogen-bond donors (Lipinski definition) is 1. The zero-order chi connectivity index (χ0) is 18.0. The number of ether oxygens (including phenoxy) is 1. The molecule has 25 heavy (non-hydrogen) atoms. The van der Waals surface area contributed by atoms with Crippen molar-refractivity contribution in [2.24, 2.45) is 0 Å². The highest BCUT2D eigenvalue weighted by Crippen LogP contribution is 2.33. The standard InChI is InChI=1S/C19H16N2O3S/c1-19(2)10-16(22)15-9-12(3-8-17(15)24-19)18(23)21-13-4-6-14(7-5-13)25-11-20/h3-9H,10H2,1-2H3,(H,21,23). The summed E-state index contributed by atoms with van der Waals surface area (Å²) in [4.78, 5) is 25.5. The van der Waals surface area contributed by atoms with Crippen molar-refractivity contribution in [3.63, 3.8) is 0 Å². The Labute approximate surface area is 150 Å². The van der Waals surface area contributed by atoms with Gasteiger partial charge in [0.1, 0.15) is 16.8 Å². The van der Waals surface area contributed by atoms with E-state index in [1.807, 2.05) is 19.2 Å². The van der Waals surface area contributed by atoms with Gasteiger partial charge in [-0.05, 0) is 68.1 Å². The molecular formula is C19H16N2O3S. The van der Waals surface area contributed by atoms with Crippen molar-refractivity contribution < 1.29 is 14.3 Å². The van der Waals surface area contributed by atoms with E-state index in [1.165, 1.54) is 0 Å². The second-order valence-corrected chi connectivity index (χ2v) is 7.20. The Morgan fingerprint density at radius 2 is 1.96 bits per heavy atom. The predicted molar refractivity (Wildman–Crippen MR) is 96.0 cm³/mol. The molecule has 0 saturated heterocycles. The minimum Gasteiger partial charge on any atom is -0.487 e. The van der Waals surface area contributed by atoms with Crippen LogP contribution in [0.2, 0.25) is 0 Å². The number of anilines is 1. The summed E-state index contributed by atoms with van der Waals surface area (Å²) in [6.45, 7) is 3.73. The first-order chi connectivity index (χ1) is 11.9. The lowest BCUT2D eigenvalue weighted by Gasteiger charge is -2.31. The lowest BCUT2D eigenvalue weighted by atomic mass is 9.92. The molecule has 2 aromatic rings. The van der Waals surface area contributed by atoms with Gasteiger partial charge in [-0.25, -0.2) is 0 Å². The number of carbonyl (C=O) groups excluding carboxylic acids is 2. The molecule has 2 aromatic carbocycles. The molecule has 1 heterocycles. The van der Waals surface area contributed by atoms with Crippen molar-refractivity contribution >= 4 is 29.1 Å². The van der Waals surface area contributed by atoms with Gasteiger partial charge >= 0.3 is 0 Å². The average molecular weight is 352 g/mol. The summed E-state index contributed by atoms with van der Waals surface area (Å²) < 4.78 is 5.80. The zero-order valence-electron chi connectivity index (χ0n) is 13.8. The Morgan fingerprint density at radius 1 is 1.24 bits per heavy atom. The molecule has 0 bridgehead atoms. The molecular weight excluding hydrogens is 336 g/mol. The van der Waals surface area contributed by atoms with E-state index in [9.17, 15) is 9.59 Å². The zero-order valence-corrected chi connectivity index (χ0v) is 14.6. The third-order valence-corrected chi connectivity index (χ3v) is 4.39. The van der Waals surface area contributed by atoms with Gasteiger partial charge in [-0.1, -0.05) is 0 Å². The van der Waals surface area contributed by atoms with Gasteiger partial charge < -0.3 is 10.1 Å². The quantitative estimate of drug-likeness (QED) is 0.660. The number of amides is 1. The Morgan fingerprint density at radius 3 is 2.64 bits per heavy atom. The van der Waals surface area contributed by atoms with Crippen LogP contribution in [-0.4, -0.2) is 17.3 Å². The van der Waals surface area contributed by atoms with E-state index >= 15 is 0 Å². The second kappa shape index (κ2) is 6.61. The molecule has 0 aromatic heterocycles. The molecule has 1 N–H and O–H groups in total. The molecule has 0 unspecified atom stereocenters. The van der Waals surface area contributed by atoms with Crippen LogP contribution in [-0.2, 0) is 0 Å². The maximum absolute atomic E-state index is 12.4. The number of nitriles is 1. The molecule has 1 amide bonds. The van der Waals surface area contributed by atoms with Crippen molar-refractivity contribution in [1.29, 1.82) is 5.26 Å². The summed E-state index contributed by atoms with van der Waals surface area (Å²) in [7, 11) is 0. The van der Waals surface area contributed by atoms with Crippen LogP contribution in [0.15, 0.2) is 47.4 Å². The van der Waals surface area contributed by atoms with Crippen LogP contribution in [0.5, 0.6) is 5.75 Å². The van der Waals surface area contributed by atoms with Gasteiger partial charge in [0.05, 0.1) is 12.0 Å². The molecule has 3 rings (SSSR count). The van der Waals surface area contributed by atoms with Crippen molar-refractivity contribution in [2.75, 3.05) is 5.32 Å². The summed E-state index contributed by atoms with van der Waals surface area (Å²) in [5.74, 6) is 0.176. The summed E-state index contributed by atoms with van der Waals surface area (Å²) in [6, 6.07) is 11.9. The van der Waals surface area contributed by atoms with Crippen LogP contribution < -0.4 is 10.1 Å². The van der Waals surface area contributed by atoms with E-state index in [0.29, 0.717) is 22.6 Å². The molecule has 1 aliphatic rings. The van der Waals surface area contributed by atoms with E-state index in [4.69, 9.17) is 10.00 Å². The fourth-order valence-corrected chi connectivity index (χ4v) is 3.03. The molecule has 1 aliphatic heterocycles. The monoisotopic (exact) mass is 352 g/mol. The molecule has 0 atom stereocenters. The molecule has 126 valence electrons. The van der Waals surface area contributed by atoms with E-state index in [0.717, 1.165) is 16.7 Å². The first-order valence-corrected chi connectivity index (χ1v) is 8.53. The Bertz CT molecular complexity index is 883. The number of carbonyl (C=O) groups is 2. The predicted octanol–water partition coefficient (Wildman–Crippen LogP) is 4.26. The topological polar surface area (TPSA) is 79.2 Å². The van der Waals surface area contributed by atoms with Gasteiger partial charge in [-0.15, -0.1) is 0 Å². The number of nitrogens with zero attached hydrogens (tertiary/aromatic N) is 1. The van der Waals surface area contributed by atoms with Crippen molar-refractivity contribution in [2.45, 2.75) is 30.8 Å². The first-order valence-electron chi connectivity index (χ1n) is 7.71. The molecule has 6 heteroatoms. The SMILES string of the molecule is CC1(C)CC(=O)c2cc(C(=O)Nc3ccc(SC#N)cc3)ccc2O1. The number of rotatable bonds is 3. The number of thioether (sulfide) groups is 1. The molecule has 0 saturated carbocycles. The molecule has 0 spiro atoms. The summed E-state index contributed by atoms with van der Waals surface area (Å²) in [5.41, 5.74) is 0.921. The highest BCUT2D eigenvalue weighted by atomic mass is 32.2. The van der Waals surface area contributed by atoms with Crippen LogP contribution in [0.3, 0.4) is 0 Å². The Balaban J connectivity index is 1.78. The van der Waals surface area contributed by atoms with E-state index in [2.05, 4.69) is 5.32 Å². The molecule has 0 aliphatic carbocycles. The highest BCUT2D eigenvalue weighted by molar-refractivity contribution is 8.03. The van der Waals surface area contributed by atoms with Gasteiger partial charge in [0.25, 0.3) is 5.91 Å². The van der Waals surface area contributed by atoms with Gasteiger partial charge in [-0.2, -0.15) is 5.26 Å². The van der Waals surface area contributed by atoms with E-state index in [1.54, 1.807) is 42.5 Å². The van der Waals surface area contributed by atoms with Crippen molar-refractivity contribution in [1.82, 2.24) is 0 Å². The maximum Gasteiger partial charge on any atom is 0.255 e. The number of hydrogen-bond acceptors (Lipinski definition) is 5.